The van der Waals surface area contributed by atoms with E-state index in [2.05, 4.69) is 4.52 Å². The summed E-state index contributed by atoms with van der Waals surface area (Å²) in [6, 6.07) is 0. The van der Waals surface area contributed by atoms with Gasteiger partial charge in [0.2, 0.25) is 0 Å². The minimum atomic E-state index is -4.90. The molecule has 0 spiro atoms. The zero-order valence-corrected chi connectivity index (χ0v) is 11.0. The van der Waals surface area contributed by atoms with Crippen molar-refractivity contribution in [1.82, 2.24) is 0 Å². The van der Waals surface area contributed by atoms with E-state index in [1.54, 1.807) is 0 Å². The highest BCUT2D eigenvalue weighted by atomic mass is 31.2. The van der Waals surface area contributed by atoms with Crippen molar-refractivity contribution < 1.29 is 33.4 Å². The van der Waals surface area contributed by atoms with Crippen LogP contribution in [0, 0.1) is 0 Å². The molecule has 0 saturated carbocycles. The van der Waals surface area contributed by atoms with Gasteiger partial charge in [0.1, 0.15) is 0 Å². The van der Waals surface area contributed by atoms with Gasteiger partial charge in [0, 0.05) is 7.11 Å². The molecule has 0 fully saturated rings. The van der Waals surface area contributed by atoms with E-state index < -0.39 is 26.7 Å². The first-order valence-corrected chi connectivity index (χ1v) is 8.11. The highest BCUT2D eigenvalue weighted by Crippen LogP contribution is 2.64. The summed E-state index contributed by atoms with van der Waals surface area (Å²) in [6.07, 6.45) is -0.313. The van der Waals surface area contributed by atoms with Crippen molar-refractivity contribution in [2.75, 3.05) is 7.11 Å². The lowest BCUT2D eigenvalue weighted by Crippen LogP contribution is -2.26. The van der Waals surface area contributed by atoms with Crippen LogP contribution in [0.25, 0.3) is 0 Å². The van der Waals surface area contributed by atoms with Crippen LogP contribution in [0.3, 0.4) is 0 Å². The van der Waals surface area contributed by atoms with Gasteiger partial charge in [0.05, 0.1) is 6.10 Å². The summed E-state index contributed by atoms with van der Waals surface area (Å²) in [5.41, 5.74) is 0. The molecule has 0 radical (unpaired) electrons. The maximum atomic E-state index is 11.4. The van der Waals surface area contributed by atoms with Gasteiger partial charge in [-0.1, -0.05) is 19.8 Å². The van der Waals surface area contributed by atoms with Crippen molar-refractivity contribution in [3.63, 3.8) is 0 Å². The summed E-state index contributed by atoms with van der Waals surface area (Å²) in [6.45, 7) is 1.83. The highest BCUT2D eigenvalue weighted by molar-refractivity contribution is 7.71. The zero-order valence-electron chi connectivity index (χ0n) is 9.18. The summed E-state index contributed by atoms with van der Waals surface area (Å²) in [4.78, 5) is 27.2. The van der Waals surface area contributed by atoms with E-state index in [0.717, 1.165) is 7.11 Å². The topological polar surface area (TPSA) is 124 Å². The standard InChI is InChI=1S/C7H18O7P2/c1-3-4-5-6(8)7(15(9,10)11)16(12,13)14-2/h6-8H,3-5H2,1-2H3,(H,12,13)(H2,9,10,11). The second kappa shape index (κ2) is 6.26. The van der Waals surface area contributed by atoms with Gasteiger partial charge < -0.3 is 24.3 Å². The number of hydrogen-bond donors (Lipinski definition) is 4. The Morgan fingerprint density at radius 3 is 2.06 bits per heavy atom. The third kappa shape index (κ3) is 4.63. The fraction of sp³-hybridized carbons (Fsp3) is 1.00. The third-order valence-corrected chi connectivity index (χ3v) is 6.49. The van der Waals surface area contributed by atoms with Crippen LogP contribution in [0.15, 0.2) is 0 Å². The number of unbranched alkanes of at least 4 members (excludes halogenated alkanes) is 1. The van der Waals surface area contributed by atoms with Crippen LogP contribution in [0.5, 0.6) is 0 Å². The van der Waals surface area contributed by atoms with Gasteiger partial charge in [-0.05, 0) is 6.42 Å². The lowest BCUT2D eigenvalue weighted by Gasteiger charge is -2.26. The quantitative estimate of drug-likeness (QED) is 0.508. The van der Waals surface area contributed by atoms with Crippen molar-refractivity contribution in [3.8, 4) is 0 Å². The Kier molecular flexibility index (Phi) is 6.36. The highest BCUT2D eigenvalue weighted by Gasteiger charge is 2.49. The molecule has 0 aromatic carbocycles. The molecule has 0 rings (SSSR count). The molecule has 98 valence electrons. The lowest BCUT2D eigenvalue weighted by molar-refractivity contribution is 0.152. The second-order valence-corrected chi connectivity index (χ2v) is 7.65. The van der Waals surface area contributed by atoms with Crippen molar-refractivity contribution in [3.05, 3.63) is 0 Å². The van der Waals surface area contributed by atoms with Gasteiger partial charge >= 0.3 is 15.2 Å². The van der Waals surface area contributed by atoms with Gasteiger partial charge in [-0.25, -0.2) is 0 Å². The maximum absolute atomic E-state index is 11.4. The molecule has 0 bridgehead atoms. The molecule has 3 unspecified atom stereocenters. The average Bonchev–Trinajstić information content (AvgIpc) is 2.12. The molecule has 0 aliphatic heterocycles. The lowest BCUT2D eigenvalue weighted by atomic mass is 10.2. The normalized spacial score (nSPS) is 20.1. The monoisotopic (exact) mass is 276 g/mol. The SMILES string of the molecule is CCCCC(O)C(P(=O)(O)O)P(=O)(O)OC. The number of aliphatic hydroxyl groups excluding tert-OH is 1. The van der Waals surface area contributed by atoms with Crippen LogP contribution in [-0.4, -0.2) is 38.4 Å². The zero-order chi connectivity index (χ0) is 13.0. The average molecular weight is 276 g/mol. The van der Waals surface area contributed by atoms with Crippen molar-refractivity contribution in [2.45, 2.75) is 37.7 Å². The smallest absolute Gasteiger partial charge is 0.345 e. The van der Waals surface area contributed by atoms with E-state index in [9.17, 15) is 19.1 Å². The first-order chi connectivity index (χ1) is 7.16. The van der Waals surface area contributed by atoms with Crippen LogP contribution in [-0.2, 0) is 13.7 Å². The van der Waals surface area contributed by atoms with Crippen LogP contribution >= 0.6 is 15.2 Å². The first kappa shape index (κ1) is 16.3. The van der Waals surface area contributed by atoms with Gasteiger partial charge in [0.25, 0.3) is 0 Å². The molecular formula is C7H18O7P2. The Bertz CT molecular complexity index is 299. The fourth-order valence-corrected chi connectivity index (χ4v) is 4.50. The number of aliphatic hydroxyl groups is 1. The molecule has 0 aromatic rings. The van der Waals surface area contributed by atoms with Crippen LogP contribution in [0.1, 0.15) is 26.2 Å². The largest absolute Gasteiger partial charge is 0.391 e. The van der Waals surface area contributed by atoms with E-state index >= 15 is 0 Å². The van der Waals surface area contributed by atoms with E-state index in [-0.39, 0.29) is 6.42 Å². The Morgan fingerprint density at radius 1 is 1.25 bits per heavy atom. The van der Waals surface area contributed by atoms with Gasteiger partial charge in [0.15, 0.2) is 5.40 Å². The second-order valence-electron chi connectivity index (χ2n) is 3.46. The summed E-state index contributed by atoms with van der Waals surface area (Å²) >= 11 is 0. The predicted octanol–water partition coefficient (Wildman–Crippen LogP) is 0.873. The molecule has 16 heavy (non-hydrogen) atoms. The molecule has 0 aliphatic carbocycles. The first-order valence-electron chi connectivity index (χ1n) is 4.78. The molecule has 0 heterocycles. The Hall–Kier alpha value is 0.260. The molecule has 7 nitrogen and oxygen atoms in total. The van der Waals surface area contributed by atoms with Crippen LogP contribution < -0.4 is 0 Å². The van der Waals surface area contributed by atoms with Crippen LogP contribution in [0.2, 0.25) is 0 Å². The molecule has 9 heteroatoms. The molecule has 0 aromatic heterocycles. The number of rotatable bonds is 7. The van der Waals surface area contributed by atoms with E-state index in [0.29, 0.717) is 12.8 Å². The summed E-state index contributed by atoms with van der Waals surface area (Å²) in [7, 11) is -8.54. The molecule has 0 amide bonds. The molecular weight excluding hydrogens is 258 g/mol. The summed E-state index contributed by atoms with van der Waals surface area (Å²) in [5, 5.41) is 7.47. The summed E-state index contributed by atoms with van der Waals surface area (Å²) < 4.78 is 26.7. The van der Waals surface area contributed by atoms with E-state index in [1.165, 1.54) is 0 Å². The molecule has 0 saturated heterocycles. The van der Waals surface area contributed by atoms with E-state index in [4.69, 9.17) is 9.79 Å². The predicted molar refractivity (Wildman–Crippen MR) is 58.2 cm³/mol. The minimum Gasteiger partial charge on any atom is -0.391 e. The maximum Gasteiger partial charge on any atom is 0.345 e. The van der Waals surface area contributed by atoms with Gasteiger partial charge in [-0.3, -0.25) is 9.13 Å². The van der Waals surface area contributed by atoms with Crippen LogP contribution in [0.4, 0.5) is 0 Å². The van der Waals surface area contributed by atoms with Gasteiger partial charge in [-0.2, -0.15) is 0 Å². The third-order valence-electron chi connectivity index (χ3n) is 2.14. The fourth-order valence-electron chi connectivity index (χ4n) is 1.30. The van der Waals surface area contributed by atoms with Crippen molar-refractivity contribution in [2.24, 2.45) is 0 Å². The van der Waals surface area contributed by atoms with Gasteiger partial charge in [-0.15, -0.1) is 0 Å². The van der Waals surface area contributed by atoms with Crippen molar-refractivity contribution in [1.29, 1.82) is 0 Å². The number of hydrogen-bond acceptors (Lipinski definition) is 4. The van der Waals surface area contributed by atoms with E-state index in [1.807, 2.05) is 6.92 Å². The molecule has 4 N–H and O–H groups in total. The Balaban J connectivity index is 4.97. The Morgan fingerprint density at radius 2 is 1.75 bits per heavy atom. The Labute approximate surface area is 94.1 Å². The minimum absolute atomic E-state index is 0.0419. The molecule has 3 atom stereocenters. The van der Waals surface area contributed by atoms with Crippen molar-refractivity contribution >= 4 is 15.2 Å². The summed E-state index contributed by atoms with van der Waals surface area (Å²) in [5.74, 6) is 0. The molecule has 0 aliphatic rings.